The van der Waals surface area contributed by atoms with Crippen LogP contribution in [-0.4, -0.2) is 0 Å². The normalized spacial score (nSPS) is 17.1. The molecule has 1 nitrogen and oxygen atoms in total. The lowest BCUT2D eigenvalue weighted by atomic mass is 9.69. The van der Waals surface area contributed by atoms with E-state index >= 15 is 0 Å². The van der Waals surface area contributed by atoms with Gasteiger partial charge in [0.25, 0.3) is 0 Å². The number of hydrogen-bond acceptors (Lipinski definition) is 1. The lowest BCUT2D eigenvalue weighted by molar-refractivity contribution is 0.660. The van der Waals surface area contributed by atoms with Gasteiger partial charge in [0.15, 0.2) is 0 Å². The molecule has 53 heavy (non-hydrogen) atoms. The Bertz CT molecular complexity index is 2600. The number of anilines is 3. The van der Waals surface area contributed by atoms with E-state index in [9.17, 15) is 0 Å². The third-order valence-electron chi connectivity index (χ3n) is 12.3. The third-order valence-corrected chi connectivity index (χ3v) is 12.3. The van der Waals surface area contributed by atoms with Crippen LogP contribution in [-0.2, 0) is 10.8 Å². The molecule has 0 amide bonds. The number of para-hydroxylation sites is 2. The van der Waals surface area contributed by atoms with Crippen molar-refractivity contribution >= 4 is 22.6 Å². The second-order valence-electron chi connectivity index (χ2n) is 15.2. The van der Waals surface area contributed by atoms with Crippen LogP contribution in [0.4, 0.5) is 17.1 Å². The van der Waals surface area contributed by atoms with Crippen LogP contribution >= 0.6 is 0 Å². The standard InChI is InChI=1S/C52H41N/c1-5-16-40-34(2)52(44-23-14-12-21-41(40)44)45-24-15-13-22-42(45)50-47(52)32-31-46-49(50)43-30-27-36(33-48(43)51(46,3)4)35-25-28-39(29-26-35)53(37-17-8-6-9-18-37)38-19-10-7-11-20-38/h5-33H,1-4H3/b16-5-. The molecule has 0 fully saturated rings. The molecule has 0 N–H and O–H groups in total. The summed E-state index contributed by atoms with van der Waals surface area (Å²) in [5.41, 5.74) is 22.1. The van der Waals surface area contributed by atoms with Gasteiger partial charge in [0.05, 0.1) is 5.41 Å². The SMILES string of the molecule is C/C=C\C1=C(C)C2(c3ccccc31)c1ccccc1-c1c2ccc2c1-c1ccc(-c3ccc(N(c4ccccc4)c4ccccc4)cc3)cc1C2(C)C. The summed E-state index contributed by atoms with van der Waals surface area (Å²) in [5.74, 6) is 0. The van der Waals surface area contributed by atoms with E-state index in [-0.39, 0.29) is 10.8 Å². The third kappa shape index (κ3) is 4.31. The van der Waals surface area contributed by atoms with Crippen LogP contribution in [0.1, 0.15) is 61.1 Å². The molecule has 1 unspecified atom stereocenters. The minimum Gasteiger partial charge on any atom is -0.311 e. The number of rotatable bonds is 5. The summed E-state index contributed by atoms with van der Waals surface area (Å²) >= 11 is 0. The van der Waals surface area contributed by atoms with Gasteiger partial charge in [0, 0.05) is 22.5 Å². The summed E-state index contributed by atoms with van der Waals surface area (Å²) in [4.78, 5) is 2.32. The topological polar surface area (TPSA) is 3.24 Å². The van der Waals surface area contributed by atoms with Gasteiger partial charge in [-0.1, -0.05) is 147 Å². The molecule has 1 spiro atoms. The Morgan fingerprint density at radius 3 is 1.62 bits per heavy atom. The monoisotopic (exact) mass is 679 g/mol. The predicted molar refractivity (Wildman–Crippen MR) is 223 cm³/mol. The predicted octanol–water partition coefficient (Wildman–Crippen LogP) is 13.8. The maximum absolute atomic E-state index is 2.46. The van der Waals surface area contributed by atoms with Crippen molar-refractivity contribution in [1.29, 1.82) is 0 Å². The number of fused-ring (bicyclic) bond motifs is 11. The van der Waals surface area contributed by atoms with Gasteiger partial charge in [0.1, 0.15) is 0 Å². The molecule has 0 heterocycles. The summed E-state index contributed by atoms with van der Waals surface area (Å²) in [7, 11) is 0. The quantitative estimate of drug-likeness (QED) is 0.175. The maximum atomic E-state index is 2.46. The van der Waals surface area contributed by atoms with Gasteiger partial charge in [0.2, 0.25) is 0 Å². The summed E-state index contributed by atoms with van der Waals surface area (Å²) in [6.45, 7) is 9.31. The highest BCUT2D eigenvalue weighted by molar-refractivity contribution is 6.03. The molecule has 254 valence electrons. The fourth-order valence-electron chi connectivity index (χ4n) is 9.90. The lowest BCUT2D eigenvalue weighted by Crippen LogP contribution is -2.26. The molecule has 0 bridgehead atoms. The Hall–Kier alpha value is -6.18. The largest absolute Gasteiger partial charge is 0.311 e. The van der Waals surface area contributed by atoms with E-state index in [2.05, 4.69) is 209 Å². The molecule has 1 atom stereocenters. The second-order valence-corrected chi connectivity index (χ2v) is 15.2. The van der Waals surface area contributed by atoms with E-state index in [1.165, 1.54) is 77.9 Å². The van der Waals surface area contributed by atoms with Crippen LogP contribution in [0, 0.1) is 0 Å². The Labute approximate surface area is 313 Å². The molecule has 0 aromatic heterocycles. The lowest BCUT2D eigenvalue weighted by Gasteiger charge is -2.31. The van der Waals surface area contributed by atoms with Gasteiger partial charge in [-0.15, -0.1) is 0 Å². The van der Waals surface area contributed by atoms with Crippen LogP contribution < -0.4 is 4.90 Å². The van der Waals surface area contributed by atoms with E-state index in [1.807, 2.05) is 0 Å². The molecule has 0 saturated heterocycles. The first-order chi connectivity index (χ1) is 25.9. The zero-order chi connectivity index (χ0) is 35.9. The van der Waals surface area contributed by atoms with Gasteiger partial charge in [-0.2, -0.15) is 0 Å². The van der Waals surface area contributed by atoms with Crippen molar-refractivity contribution in [3.63, 3.8) is 0 Å². The molecule has 0 radical (unpaired) electrons. The molecule has 0 saturated carbocycles. The van der Waals surface area contributed by atoms with Crippen LogP contribution in [0.5, 0.6) is 0 Å². The minimum atomic E-state index is -0.311. The Balaban J connectivity index is 1.11. The molecule has 3 aliphatic carbocycles. The van der Waals surface area contributed by atoms with Gasteiger partial charge in [-0.25, -0.2) is 0 Å². The van der Waals surface area contributed by atoms with Crippen molar-refractivity contribution in [2.45, 2.75) is 38.5 Å². The fraction of sp³-hybridized carbons (Fsp3) is 0.115. The maximum Gasteiger partial charge on any atom is 0.0685 e. The molecular weight excluding hydrogens is 639 g/mol. The number of allylic oxidation sites excluding steroid dienone is 4. The summed E-state index contributed by atoms with van der Waals surface area (Å²) in [6.07, 6.45) is 4.50. The van der Waals surface area contributed by atoms with Crippen LogP contribution in [0.3, 0.4) is 0 Å². The van der Waals surface area contributed by atoms with E-state index < -0.39 is 0 Å². The van der Waals surface area contributed by atoms with E-state index in [0.717, 1.165) is 17.1 Å². The average Bonchev–Trinajstić information content (AvgIpc) is 3.74. The van der Waals surface area contributed by atoms with Gasteiger partial charge >= 0.3 is 0 Å². The van der Waals surface area contributed by atoms with Gasteiger partial charge in [-0.3, -0.25) is 0 Å². The van der Waals surface area contributed by atoms with Crippen molar-refractivity contribution in [3.05, 3.63) is 215 Å². The summed E-state index contributed by atoms with van der Waals surface area (Å²) in [6, 6.07) is 60.6. The zero-order valence-electron chi connectivity index (χ0n) is 30.7. The highest BCUT2D eigenvalue weighted by atomic mass is 15.1. The average molecular weight is 680 g/mol. The summed E-state index contributed by atoms with van der Waals surface area (Å²) in [5, 5.41) is 0. The first-order valence-electron chi connectivity index (χ1n) is 18.8. The fourth-order valence-corrected chi connectivity index (χ4v) is 9.90. The molecule has 0 aliphatic heterocycles. The Kier molecular flexibility index (Phi) is 6.94. The van der Waals surface area contributed by atoms with Gasteiger partial charge < -0.3 is 4.90 Å². The highest BCUT2D eigenvalue weighted by Crippen LogP contribution is 2.65. The first kappa shape index (κ1) is 31.5. The van der Waals surface area contributed by atoms with E-state index in [4.69, 9.17) is 0 Å². The van der Waals surface area contributed by atoms with Crippen LogP contribution in [0.15, 0.2) is 182 Å². The van der Waals surface area contributed by atoms with Crippen molar-refractivity contribution in [2.24, 2.45) is 0 Å². The Morgan fingerprint density at radius 2 is 0.962 bits per heavy atom. The van der Waals surface area contributed by atoms with Crippen molar-refractivity contribution in [3.8, 4) is 33.4 Å². The second kappa shape index (κ2) is 11.7. The minimum absolute atomic E-state index is 0.146. The zero-order valence-corrected chi connectivity index (χ0v) is 30.7. The van der Waals surface area contributed by atoms with E-state index in [0.29, 0.717) is 0 Å². The molecule has 10 rings (SSSR count). The Morgan fingerprint density at radius 1 is 0.453 bits per heavy atom. The van der Waals surface area contributed by atoms with Crippen molar-refractivity contribution in [2.75, 3.05) is 4.90 Å². The number of hydrogen-bond donors (Lipinski definition) is 0. The summed E-state index contributed by atoms with van der Waals surface area (Å²) < 4.78 is 0. The number of nitrogens with zero attached hydrogens (tertiary/aromatic N) is 1. The van der Waals surface area contributed by atoms with Gasteiger partial charge in [-0.05, 0) is 134 Å². The van der Waals surface area contributed by atoms with Crippen LogP contribution in [0.25, 0.3) is 39.0 Å². The smallest absolute Gasteiger partial charge is 0.0685 e. The molecule has 1 heteroatoms. The van der Waals surface area contributed by atoms with E-state index in [1.54, 1.807) is 0 Å². The molecular formula is C52H41N. The van der Waals surface area contributed by atoms with Crippen LogP contribution in [0.2, 0.25) is 0 Å². The number of benzene rings is 7. The molecule has 7 aromatic rings. The van der Waals surface area contributed by atoms with Crippen molar-refractivity contribution < 1.29 is 0 Å². The highest BCUT2D eigenvalue weighted by Gasteiger charge is 2.53. The van der Waals surface area contributed by atoms with Crippen molar-refractivity contribution in [1.82, 2.24) is 0 Å². The first-order valence-corrected chi connectivity index (χ1v) is 18.8. The molecule has 7 aromatic carbocycles. The molecule has 3 aliphatic rings.